The molecule has 0 saturated carbocycles. The molecule has 0 aliphatic carbocycles. The number of carbonyl (C=O) groups is 1. The van der Waals surface area contributed by atoms with E-state index < -0.39 is 5.82 Å². The Kier molecular flexibility index (Phi) is 4.59. The van der Waals surface area contributed by atoms with Gasteiger partial charge in [-0.05, 0) is 52.9 Å². The van der Waals surface area contributed by atoms with Crippen LogP contribution in [0.1, 0.15) is 15.9 Å². The molecule has 0 saturated heterocycles. The lowest BCUT2D eigenvalue weighted by atomic mass is 10.0. The molecule has 3 nitrogen and oxygen atoms in total. The first-order chi connectivity index (χ1) is 9.56. The number of rotatable bonds is 4. The van der Waals surface area contributed by atoms with Gasteiger partial charge >= 0.3 is 0 Å². The minimum Gasteiger partial charge on any atom is -0.493 e. The van der Waals surface area contributed by atoms with E-state index in [-0.39, 0.29) is 17.1 Å². The molecule has 0 radical (unpaired) electrons. The second-order valence-corrected chi connectivity index (χ2v) is 5.27. The van der Waals surface area contributed by atoms with Crippen LogP contribution in [0.4, 0.5) is 4.39 Å². The molecule has 2 aromatic carbocycles. The number of carbonyl (C=O) groups excluding carboxylic acids is 1. The van der Waals surface area contributed by atoms with Gasteiger partial charge in [0.05, 0.1) is 19.8 Å². The molecule has 0 bridgehead atoms. The Hall–Kier alpha value is -1.63. The van der Waals surface area contributed by atoms with Crippen LogP contribution in [0.2, 0.25) is 0 Å². The van der Waals surface area contributed by atoms with E-state index in [0.717, 1.165) is 9.64 Å². The number of methoxy groups -OCH3 is 2. The quantitative estimate of drug-likeness (QED) is 0.594. The molecule has 0 heterocycles. The SMILES string of the molecule is COc1cc(F)c(C(=O)c2ccc(I)cc2)cc1OC. The van der Waals surface area contributed by atoms with Gasteiger partial charge in [-0.25, -0.2) is 4.39 Å². The van der Waals surface area contributed by atoms with Crippen LogP contribution >= 0.6 is 22.6 Å². The van der Waals surface area contributed by atoms with E-state index in [1.54, 1.807) is 24.3 Å². The smallest absolute Gasteiger partial charge is 0.196 e. The first kappa shape index (κ1) is 14.8. The molecular weight excluding hydrogens is 374 g/mol. The Morgan fingerprint density at radius 1 is 1.05 bits per heavy atom. The lowest BCUT2D eigenvalue weighted by Crippen LogP contribution is -2.05. The Morgan fingerprint density at radius 3 is 2.15 bits per heavy atom. The summed E-state index contributed by atoms with van der Waals surface area (Å²) in [5, 5.41) is 0. The molecular formula is C15H12FIO3. The monoisotopic (exact) mass is 386 g/mol. The number of ether oxygens (including phenoxy) is 2. The summed E-state index contributed by atoms with van der Waals surface area (Å²) in [6.07, 6.45) is 0. The average Bonchev–Trinajstić information content (AvgIpc) is 2.47. The number of benzene rings is 2. The molecule has 2 aromatic rings. The van der Waals surface area contributed by atoms with Crippen molar-refractivity contribution in [2.45, 2.75) is 0 Å². The van der Waals surface area contributed by atoms with Gasteiger partial charge < -0.3 is 9.47 Å². The molecule has 0 fully saturated rings. The van der Waals surface area contributed by atoms with Crippen molar-refractivity contribution in [3.8, 4) is 11.5 Å². The molecule has 0 aromatic heterocycles. The van der Waals surface area contributed by atoms with Gasteiger partial charge in [-0.15, -0.1) is 0 Å². The lowest BCUT2D eigenvalue weighted by molar-refractivity contribution is 0.103. The highest BCUT2D eigenvalue weighted by Crippen LogP contribution is 2.30. The van der Waals surface area contributed by atoms with Crippen molar-refractivity contribution in [2.75, 3.05) is 14.2 Å². The van der Waals surface area contributed by atoms with Gasteiger partial charge in [-0.2, -0.15) is 0 Å². The highest BCUT2D eigenvalue weighted by Gasteiger charge is 2.18. The molecule has 0 spiro atoms. The zero-order valence-electron chi connectivity index (χ0n) is 10.9. The number of hydrogen-bond acceptors (Lipinski definition) is 3. The van der Waals surface area contributed by atoms with Crippen LogP contribution in [0.25, 0.3) is 0 Å². The van der Waals surface area contributed by atoms with E-state index in [1.165, 1.54) is 20.3 Å². The van der Waals surface area contributed by atoms with Crippen molar-refractivity contribution in [1.82, 2.24) is 0 Å². The topological polar surface area (TPSA) is 35.5 Å². The summed E-state index contributed by atoms with van der Waals surface area (Å²) in [7, 11) is 2.85. The fraction of sp³-hybridized carbons (Fsp3) is 0.133. The predicted octanol–water partition coefficient (Wildman–Crippen LogP) is 3.68. The van der Waals surface area contributed by atoms with Crippen molar-refractivity contribution in [3.63, 3.8) is 0 Å². The van der Waals surface area contributed by atoms with Gasteiger partial charge in [0.2, 0.25) is 0 Å². The molecule has 0 aliphatic heterocycles. The van der Waals surface area contributed by atoms with E-state index in [0.29, 0.717) is 11.3 Å². The van der Waals surface area contributed by atoms with Crippen LogP contribution in [-0.2, 0) is 0 Å². The third-order valence-electron chi connectivity index (χ3n) is 2.82. The van der Waals surface area contributed by atoms with Crippen molar-refractivity contribution in [2.24, 2.45) is 0 Å². The highest BCUT2D eigenvalue weighted by molar-refractivity contribution is 14.1. The molecule has 0 atom stereocenters. The largest absolute Gasteiger partial charge is 0.493 e. The molecule has 0 amide bonds. The van der Waals surface area contributed by atoms with Crippen LogP contribution in [0.5, 0.6) is 11.5 Å². The van der Waals surface area contributed by atoms with Gasteiger partial charge in [0.1, 0.15) is 5.82 Å². The van der Waals surface area contributed by atoms with E-state index >= 15 is 0 Å². The summed E-state index contributed by atoms with van der Waals surface area (Å²) < 4.78 is 25.1. The first-order valence-electron chi connectivity index (χ1n) is 5.78. The van der Waals surface area contributed by atoms with Crippen LogP contribution in [0.15, 0.2) is 36.4 Å². The van der Waals surface area contributed by atoms with Gasteiger partial charge in [0, 0.05) is 15.2 Å². The van der Waals surface area contributed by atoms with Gasteiger partial charge in [0.25, 0.3) is 0 Å². The summed E-state index contributed by atoms with van der Waals surface area (Å²) in [6, 6.07) is 9.44. The minimum absolute atomic E-state index is 0.0381. The van der Waals surface area contributed by atoms with E-state index in [2.05, 4.69) is 22.6 Å². The first-order valence-corrected chi connectivity index (χ1v) is 6.86. The Bertz CT molecular complexity index is 638. The maximum atomic E-state index is 14.0. The normalized spacial score (nSPS) is 10.2. The van der Waals surface area contributed by atoms with Gasteiger partial charge in [-0.3, -0.25) is 4.79 Å². The fourth-order valence-electron chi connectivity index (χ4n) is 1.78. The molecule has 0 unspecified atom stereocenters. The number of ketones is 1. The zero-order valence-corrected chi connectivity index (χ0v) is 13.1. The Balaban J connectivity index is 2.46. The third-order valence-corrected chi connectivity index (χ3v) is 3.54. The van der Waals surface area contributed by atoms with E-state index in [9.17, 15) is 9.18 Å². The molecule has 0 aliphatic rings. The summed E-state index contributed by atoms with van der Waals surface area (Å²) in [6.45, 7) is 0. The van der Waals surface area contributed by atoms with Crippen molar-refractivity contribution in [3.05, 3.63) is 56.9 Å². The summed E-state index contributed by atoms with van der Waals surface area (Å²) in [5.41, 5.74) is 0.389. The summed E-state index contributed by atoms with van der Waals surface area (Å²) >= 11 is 2.14. The zero-order chi connectivity index (χ0) is 14.7. The highest BCUT2D eigenvalue weighted by atomic mass is 127. The van der Waals surface area contributed by atoms with Gasteiger partial charge in [0.15, 0.2) is 17.3 Å². The van der Waals surface area contributed by atoms with E-state index in [1.807, 2.05) is 0 Å². The van der Waals surface area contributed by atoms with Crippen LogP contribution < -0.4 is 9.47 Å². The van der Waals surface area contributed by atoms with Crippen LogP contribution in [-0.4, -0.2) is 20.0 Å². The lowest BCUT2D eigenvalue weighted by Gasteiger charge is -2.10. The molecule has 0 N–H and O–H groups in total. The fourth-order valence-corrected chi connectivity index (χ4v) is 2.14. The Morgan fingerprint density at radius 2 is 1.60 bits per heavy atom. The van der Waals surface area contributed by atoms with Crippen LogP contribution in [0.3, 0.4) is 0 Å². The molecule has 104 valence electrons. The second-order valence-electron chi connectivity index (χ2n) is 4.02. The second kappa shape index (κ2) is 6.21. The number of hydrogen-bond donors (Lipinski definition) is 0. The van der Waals surface area contributed by atoms with E-state index in [4.69, 9.17) is 9.47 Å². The summed E-state index contributed by atoms with van der Waals surface area (Å²) in [5.74, 6) is -0.446. The van der Waals surface area contributed by atoms with Crippen molar-refractivity contribution >= 4 is 28.4 Å². The van der Waals surface area contributed by atoms with Gasteiger partial charge in [-0.1, -0.05) is 0 Å². The maximum Gasteiger partial charge on any atom is 0.196 e. The summed E-state index contributed by atoms with van der Waals surface area (Å²) in [4.78, 5) is 12.3. The standard InChI is InChI=1S/C15H12FIO3/c1-19-13-7-11(12(16)8-14(13)20-2)15(18)9-3-5-10(17)6-4-9/h3-8H,1-2H3. The van der Waals surface area contributed by atoms with Crippen molar-refractivity contribution < 1.29 is 18.7 Å². The Labute approximate surface area is 129 Å². The average molecular weight is 386 g/mol. The molecule has 2 rings (SSSR count). The molecule has 20 heavy (non-hydrogen) atoms. The van der Waals surface area contributed by atoms with Crippen molar-refractivity contribution in [1.29, 1.82) is 0 Å². The minimum atomic E-state index is -0.633. The maximum absolute atomic E-state index is 14.0. The van der Waals surface area contributed by atoms with Crippen LogP contribution in [0, 0.1) is 9.39 Å². The number of halogens is 2. The third kappa shape index (κ3) is 2.92. The molecule has 5 heteroatoms. The predicted molar refractivity (Wildman–Crippen MR) is 82.1 cm³/mol.